The van der Waals surface area contributed by atoms with Gasteiger partial charge in [0.15, 0.2) is 0 Å². The fourth-order valence-corrected chi connectivity index (χ4v) is 3.52. The molecule has 4 rings (SSSR count). The van der Waals surface area contributed by atoms with Crippen molar-refractivity contribution in [3.8, 4) is 0 Å². The Labute approximate surface area is 160 Å². The van der Waals surface area contributed by atoms with Crippen molar-refractivity contribution in [1.29, 1.82) is 0 Å². The summed E-state index contributed by atoms with van der Waals surface area (Å²) in [5, 5.41) is 0.624. The van der Waals surface area contributed by atoms with Gasteiger partial charge in [-0.3, -0.25) is 20.4 Å². The second-order valence-corrected chi connectivity index (χ2v) is 6.87. The first kappa shape index (κ1) is 17.5. The number of carbonyl (C=O) groups excluding carboxylic acids is 2. The van der Waals surface area contributed by atoms with Gasteiger partial charge < -0.3 is 4.90 Å². The zero-order valence-corrected chi connectivity index (χ0v) is 15.0. The first-order chi connectivity index (χ1) is 13.0. The number of amidine groups is 1. The molecule has 1 fully saturated rings. The maximum absolute atomic E-state index is 12.9. The molecule has 0 aromatic heterocycles. The third-order valence-electron chi connectivity index (χ3n) is 4.69. The molecule has 0 unspecified atom stereocenters. The monoisotopic (exact) mass is 386 g/mol. The molecule has 2 amide bonds. The molecule has 8 heteroatoms. The molecule has 2 aliphatic heterocycles. The highest BCUT2D eigenvalue weighted by atomic mass is 35.5. The van der Waals surface area contributed by atoms with E-state index in [2.05, 4.69) is 15.8 Å². The van der Waals surface area contributed by atoms with E-state index in [1.807, 2.05) is 17.0 Å². The molecule has 1 saturated heterocycles. The molecular formula is C19H16ClFN4O2. The lowest BCUT2D eigenvalue weighted by Gasteiger charge is -2.30. The molecule has 2 heterocycles. The smallest absolute Gasteiger partial charge is 0.269 e. The summed E-state index contributed by atoms with van der Waals surface area (Å²) in [6.07, 6.45) is 1.30. The quantitative estimate of drug-likeness (QED) is 0.779. The lowest BCUT2D eigenvalue weighted by atomic mass is 10.1. The minimum Gasteiger partial charge on any atom is -0.344 e. The Morgan fingerprint density at radius 3 is 2.70 bits per heavy atom. The summed E-state index contributed by atoms with van der Waals surface area (Å²) < 4.78 is 12.9. The largest absolute Gasteiger partial charge is 0.344 e. The molecule has 2 aromatic rings. The molecule has 0 spiro atoms. The predicted octanol–water partition coefficient (Wildman–Crippen LogP) is 2.95. The van der Waals surface area contributed by atoms with Gasteiger partial charge in [0.25, 0.3) is 11.8 Å². The Balaban J connectivity index is 1.41. The molecule has 1 atom stereocenters. The number of amides is 2. The number of nitrogens with zero attached hydrogens (tertiary/aromatic N) is 2. The SMILES string of the molecule is O=C(NNC(=O)[C@@H]1CCC2=Nc3ccc(Cl)cc3CN21)c1ccc(F)cc1. The Morgan fingerprint density at radius 1 is 1.15 bits per heavy atom. The summed E-state index contributed by atoms with van der Waals surface area (Å²) in [4.78, 5) is 31.2. The van der Waals surface area contributed by atoms with Crippen LogP contribution in [0, 0.1) is 5.82 Å². The van der Waals surface area contributed by atoms with Gasteiger partial charge >= 0.3 is 0 Å². The van der Waals surface area contributed by atoms with Crippen LogP contribution in [-0.4, -0.2) is 28.6 Å². The number of nitrogens with one attached hydrogen (secondary N) is 2. The van der Waals surface area contributed by atoms with Crippen LogP contribution >= 0.6 is 11.6 Å². The second kappa shape index (κ2) is 7.00. The second-order valence-electron chi connectivity index (χ2n) is 6.43. The summed E-state index contributed by atoms with van der Waals surface area (Å²) in [6.45, 7) is 0.540. The molecule has 2 aromatic carbocycles. The third kappa shape index (κ3) is 3.50. The van der Waals surface area contributed by atoms with Gasteiger partial charge in [0.2, 0.25) is 0 Å². The summed E-state index contributed by atoms with van der Waals surface area (Å²) in [5.41, 5.74) is 6.91. The van der Waals surface area contributed by atoms with Crippen molar-refractivity contribution in [2.45, 2.75) is 25.4 Å². The van der Waals surface area contributed by atoms with Gasteiger partial charge in [-0.2, -0.15) is 0 Å². The van der Waals surface area contributed by atoms with Crippen LogP contribution in [0.4, 0.5) is 10.1 Å². The van der Waals surface area contributed by atoms with Crippen LogP contribution in [-0.2, 0) is 11.3 Å². The van der Waals surface area contributed by atoms with Crippen LogP contribution in [0.1, 0.15) is 28.8 Å². The molecule has 27 heavy (non-hydrogen) atoms. The van der Waals surface area contributed by atoms with Gasteiger partial charge in [0.05, 0.1) is 5.69 Å². The predicted molar refractivity (Wildman–Crippen MR) is 99.1 cm³/mol. The normalized spacial score (nSPS) is 17.6. The van der Waals surface area contributed by atoms with Crippen LogP contribution in [0.25, 0.3) is 0 Å². The van der Waals surface area contributed by atoms with Crippen LogP contribution in [0.3, 0.4) is 0 Å². The summed E-state index contributed by atoms with van der Waals surface area (Å²) in [5.74, 6) is -0.402. The number of halogens is 2. The lowest BCUT2D eigenvalue weighted by molar-refractivity contribution is -0.125. The van der Waals surface area contributed by atoms with Gasteiger partial charge in [-0.25, -0.2) is 9.38 Å². The van der Waals surface area contributed by atoms with Crippen molar-refractivity contribution in [2.75, 3.05) is 0 Å². The molecule has 2 aliphatic rings. The van der Waals surface area contributed by atoms with E-state index in [9.17, 15) is 14.0 Å². The van der Waals surface area contributed by atoms with E-state index in [0.717, 1.165) is 17.1 Å². The molecule has 0 aliphatic carbocycles. The van der Waals surface area contributed by atoms with E-state index < -0.39 is 17.8 Å². The minimum absolute atomic E-state index is 0.256. The summed E-state index contributed by atoms with van der Waals surface area (Å²) >= 11 is 6.05. The number of carbonyl (C=O) groups is 2. The number of hydrazine groups is 1. The van der Waals surface area contributed by atoms with Crippen molar-refractivity contribution in [2.24, 2.45) is 4.99 Å². The van der Waals surface area contributed by atoms with Crippen LogP contribution < -0.4 is 10.9 Å². The number of hydrogen-bond donors (Lipinski definition) is 2. The molecule has 0 radical (unpaired) electrons. The van der Waals surface area contributed by atoms with Crippen molar-refractivity contribution in [1.82, 2.24) is 15.8 Å². The van der Waals surface area contributed by atoms with E-state index in [-0.39, 0.29) is 11.5 Å². The highest BCUT2D eigenvalue weighted by molar-refractivity contribution is 6.30. The van der Waals surface area contributed by atoms with Crippen molar-refractivity contribution < 1.29 is 14.0 Å². The number of benzene rings is 2. The Hall–Kier alpha value is -2.93. The highest BCUT2D eigenvalue weighted by Crippen LogP contribution is 2.34. The average molecular weight is 387 g/mol. The van der Waals surface area contributed by atoms with Crippen LogP contribution in [0.5, 0.6) is 0 Å². The van der Waals surface area contributed by atoms with Gasteiger partial charge in [-0.15, -0.1) is 0 Å². The summed E-state index contributed by atoms with van der Waals surface area (Å²) in [7, 11) is 0. The topological polar surface area (TPSA) is 73.8 Å². The van der Waals surface area contributed by atoms with Crippen LogP contribution in [0.15, 0.2) is 47.5 Å². The number of fused-ring (bicyclic) bond motifs is 2. The highest BCUT2D eigenvalue weighted by Gasteiger charge is 2.37. The van der Waals surface area contributed by atoms with E-state index in [1.165, 1.54) is 24.3 Å². The molecule has 0 saturated carbocycles. The maximum Gasteiger partial charge on any atom is 0.269 e. The minimum atomic E-state index is -0.508. The lowest BCUT2D eigenvalue weighted by Crippen LogP contribution is -2.51. The van der Waals surface area contributed by atoms with E-state index >= 15 is 0 Å². The first-order valence-corrected chi connectivity index (χ1v) is 8.87. The fraction of sp³-hybridized carbons (Fsp3) is 0.211. The molecule has 138 valence electrons. The molecular weight excluding hydrogens is 371 g/mol. The van der Waals surface area contributed by atoms with Gasteiger partial charge in [0.1, 0.15) is 17.7 Å². The van der Waals surface area contributed by atoms with Gasteiger partial charge in [0, 0.05) is 23.6 Å². The number of rotatable bonds is 2. The zero-order valence-electron chi connectivity index (χ0n) is 14.2. The van der Waals surface area contributed by atoms with Crippen molar-refractivity contribution in [3.05, 3.63) is 64.4 Å². The first-order valence-electron chi connectivity index (χ1n) is 8.49. The standard InChI is InChI=1S/C19H16ClFN4O2/c20-13-3-6-15-12(9-13)10-25-16(7-8-17(25)22-15)19(27)24-23-18(26)11-1-4-14(21)5-2-11/h1-6,9,16H,7-8,10H2,(H,23,26)(H,24,27)/t16-/m0/s1. The van der Waals surface area contributed by atoms with E-state index in [1.54, 1.807) is 6.07 Å². The van der Waals surface area contributed by atoms with Gasteiger partial charge in [-0.1, -0.05) is 11.6 Å². The third-order valence-corrected chi connectivity index (χ3v) is 4.92. The Morgan fingerprint density at radius 2 is 1.93 bits per heavy atom. The summed E-state index contributed by atoms with van der Waals surface area (Å²) in [6, 6.07) is 10.2. The maximum atomic E-state index is 12.9. The number of aliphatic imine (C=N–C) groups is 1. The van der Waals surface area contributed by atoms with E-state index in [0.29, 0.717) is 24.4 Å². The van der Waals surface area contributed by atoms with E-state index in [4.69, 9.17) is 11.6 Å². The Kier molecular flexibility index (Phi) is 4.53. The van der Waals surface area contributed by atoms with Gasteiger partial charge in [-0.05, 0) is 54.4 Å². The van der Waals surface area contributed by atoms with Crippen LogP contribution in [0.2, 0.25) is 5.02 Å². The fourth-order valence-electron chi connectivity index (χ4n) is 3.33. The molecule has 6 nitrogen and oxygen atoms in total. The number of hydrogen-bond acceptors (Lipinski definition) is 4. The molecule has 2 N–H and O–H groups in total. The molecule has 0 bridgehead atoms. The van der Waals surface area contributed by atoms with Crippen molar-refractivity contribution >= 4 is 34.9 Å². The zero-order chi connectivity index (χ0) is 19.0. The average Bonchev–Trinajstić information content (AvgIpc) is 3.07. The van der Waals surface area contributed by atoms with Crippen molar-refractivity contribution in [3.63, 3.8) is 0 Å². The Bertz CT molecular complexity index is 945.